The summed E-state index contributed by atoms with van der Waals surface area (Å²) in [4.78, 5) is 23.5. The predicted octanol–water partition coefficient (Wildman–Crippen LogP) is 2.65. The number of carbonyl (C=O) groups excluding carboxylic acids is 1. The molecule has 6 nitrogen and oxygen atoms in total. The molecule has 0 atom stereocenters. The number of piperazine rings is 1. The molecule has 0 N–H and O–H groups in total. The molecule has 1 aromatic rings. The van der Waals surface area contributed by atoms with Crippen LogP contribution in [0.2, 0.25) is 0 Å². The van der Waals surface area contributed by atoms with E-state index in [1.165, 1.54) is 0 Å². The van der Waals surface area contributed by atoms with Crippen molar-refractivity contribution in [3.8, 4) is 0 Å². The van der Waals surface area contributed by atoms with Crippen molar-refractivity contribution in [3.05, 3.63) is 18.0 Å². The summed E-state index contributed by atoms with van der Waals surface area (Å²) >= 11 is 0. The first kappa shape index (κ1) is 17.4. The van der Waals surface area contributed by atoms with Gasteiger partial charge in [0.25, 0.3) is 5.92 Å². The number of nitrogens with zero attached hydrogens (tertiary/aromatic N) is 4. The van der Waals surface area contributed by atoms with Gasteiger partial charge in [-0.1, -0.05) is 0 Å². The number of carbonyl (C=O) groups is 1. The topological polar surface area (TPSA) is 58.6 Å². The molecular weight excluding hydrogens is 306 g/mol. The summed E-state index contributed by atoms with van der Waals surface area (Å²) in [7, 11) is 0. The van der Waals surface area contributed by atoms with Crippen LogP contribution in [-0.2, 0) is 10.7 Å². The molecule has 1 aliphatic heterocycles. The lowest BCUT2D eigenvalue weighted by molar-refractivity contribution is 0.0165. The Kier molecular flexibility index (Phi) is 4.72. The molecule has 8 heteroatoms. The number of rotatable bonds is 2. The quantitative estimate of drug-likeness (QED) is 0.835. The molecule has 1 aromatic heterocycles. The van der Waals surface area contributed by atoms with E-state index in [-0.39, 0.29) is 11.7 Å². The van der Waals surface area contributed by atoms with Crippen LogP contribution in [-0.4, -0.2) is 52.7 Å². The average Bonchev–Trinajstić information content (AvgIpc) is 2.45. The van der Waals surface area contributed by atoms with Gasteiger partial charge in [0.1, 0.15) is 5.60 Å². The van der Waals surface area contributed by atoms with E-state index in [1.54, 1.807) is 4.90 Å². The highest BCUT2D eigenvalue weighted by Gasteiger charge is 2.28. The zero-order valence-electron chi connectivity index (χ0n) is 13.8. The van der Waals surface area contributed by atoms with Crippen molar-refractivity contribution in [2.24, 2.45) is 0 Å². The van der Waals surface area contributed by atoms with E-state index in [0.29, 0.717) is 32.1 Å². The molecule has 1 fully saturated rings. The fraction of sp³-hybridized carbons (Fsp3) is 0.667. The summed E-state index contributed by atoms with van der Waals surface area (Å²) in [6.45, 7) is 8.28. The first-order valence-electron chi connectivity index (χ1n) is 7.49. The minimum atomic E-state index is -2.95. The number of hydrogen-bond acceptors (Lipinski definition) is 5. The smallest absolute Gasteiger partial charge is 0.410 e. The summed E-state index contributed by atoms with van der Waals surface area (Å²) in [5.41, 5.74) is -0.743. The van der Waals surface area contributed by atoms with Gasteiger partial charge in [-0.3, -0.25) is 0 Å². The second kappa shape index (κ2) is 6.25. The maximum Gasteiger partial charge on any atom is 0.410 e. The number of hydrogen-bond donors (Lipinski definition) is 0. The van der Waals surface area contributed by atoms with Crippen molar-refractivity contribution in [2.75, 3.05) is 31.1 Å². The molecule has 0 bridgehead atoms. The van der Waals surface area contributed by atoms with E-state index in [0.717, 1.165) is 19.3 Å². The Morgan fingerprint density at radius 3 is 2.04 bits per heavy atom. The SMILES string of the molecule is CC(C)(C)OC(=O)N1CCN(c2ncc(C(C)(F)F)cn2)CC1. The molecule has 0 unspecified atom stereocenters. The molecule has 2 rings (SSSR count). The summed E-state index contributed by atoms with van der Waals surface area (Å²) in [6, 6.07) is 0. The van der Waals surface area contributed by atoms with Crippen LogP contribution >= 0.6 is 0 Å². The molecule has 1 aliphatic rings. The Hall–Kier alpha value is -1.99. The zero-order chi connectivity index (χ0) is 17.3. The second-order valence-corrected chi connectivity index (χ2v) is 6.61. The number of amides is 1. The van der Waals surface area contributed by atoms with Gasteiger partial charge in [-0.2, -0.15) is 0 Å². The van der Waals surface area contributed by atoms with Crippen molar-refractivity contribution in [1.82, 2.24) is 14.9 Å². The second-order valence-electron chi connectivity index (χ2n) is 6.61. The van der Waals surface area contributed by atoms with Crippen LogP contribution in [0.1, 0.15) is 33.3 Å². The molecule has 1 amide bonds. The van der Waals surface area contributed by atoms with E-state index < -0.39 is 11.5 Å². The monoisotopic (exact) mass is 328 g/mol. The van der Waals surface area contributed by atoms with Gasteiger partial charge < -0.3 is 14.5 Å². The lowest BCUT2D eigenvalue weighted by Crippen LogP contribution is -2.50. The minimum Gasteiger partial charge on any atom is -0.444 e. The van der Waals surface area contributed by atoms with Gasteiger partial charge in [-0.25, -0.2) is 23.5 Å². The van der Waals surface area contributed by atoms with Gasteiger partial charge in [0.05, 0.1) is 5.56 Å². The molecule has 0 aliphatic carbocycles. The van der Waals surface area contributed by atoms with Crippen LogP contribution in [0.25, 0.3) is 0 Å². The largest absolute Gasteiger partial charge is 0.444 e. The summed E-state index contributed by atoms with van der Waals surface area (Å²) in [5, 5.41) is 0. The minimum absolute atomic E-state index is 0.214. The lowest BCUT2D eigenvalue weighted by atomic mass is 10.2. The molecular formula is C15H22F2N4O2. The molecule has 0 radical (unpaired) electrons. The van der Waals surface area contributed by atoms with Crippen molar-refractivity contribution >= 4 is 12.0 Å². The fourth-order valence-corrected chi connectivity index (χ4v) is 2.13. The van der Waals surface area contributed by atoms with Gasteiger partial charge in [-0.15, -0.1) is 0 Å². The van der Waals surface area contributed by atoms with Crippen LogP contribution in [0.4, 0.5) is 19.5 Å². The van der Waals surface area contributed by atoms with Crippen LogP contribution < -0.4 is 4.90 Å². The highest BCUT2D eigenvalue weighted by Crippen LogP contribution is 2.26. The van der Waals surface area contributed by atoms with Gasteiger partial charge >= 0.3 is 6.09 Å². The van der Waals surface area contributed by atoms with E-state index in [2.05, 4.69) is 9.97 Å². The van der Waals surface area contributed by atoms with Crippen molar-refractivity contribution in [1.29, 1.82) is 0 Å². The lowest BCUT2D eigenvalue weighted by Gasteiger charge is -2.35. The number of halogens is 2. The van der Waals surface area contributed by atoms with Crippen LogP contribution in [0.3, 0.4) is 0 Å². The molecule has 2 heterocycles. The van der Waals surface area contributed by atoms with Crippen LogP contribution in [0, 0.1) is 0 Å². The molecule has 1 saturated heterocycles. The Morgan fingerprint density at radius 2 is 1.61 bits per heavy atom. The van der Waals surface area contributed by atoms with Gasteiger partial charge in [0.15, 0.2) is 0 Å². The van der Waals surface area contributed by atoms with Gasteiger partial charge in [0, 0.05) is 45.5 Å². The highest BCUT2D eigenvalue weighted by atomic mass is 19.3. The van der Waals surface area contributed by atoms with Crippen LogP contribution in [0.15, 0.2) is 12.4 Å². The predicted molar refractivity (Wildman–Crippen MR) is 81.6 cm³/mol. The third-order valence-corrected chi connectivity index (χ3v) is 3.36. The number of anilines is 1. The maximum atomic E-state index is 13.2. The maximum absolute atomic E-state index is 13.2. The molecule has 0 aromatic carbocycles. The van der Waals surface area contributed by atoms with E-state index in [4.69, 9.17) is 4.74 Å². The first-order chi connectivity index (χ1) is 10.6. The molecule has 0 spiro atoms. The summed E-state index contributed by atoms with van der Waals surface area (Å²) < 4.78 is 31.6. The zero-order valence-corrected chi connectivity index (χ0v) is 13.8. The van der Waals surface area contributed by atoms with Crippen LogP contribution in [0.5, 0.6) is 0 Å². The summed E-state index contributed by atoms with van der Waals surface area (Å²) in [5.74, 6) is -2.56. The van der Waals surface area contributed by atoms with Crippen molar-refractivity contribution in [2.45, 2.75) is 39.2 Å². The third kappa shape index (κ3) is 4.74. The van der Waals surface area contributed by atoms with Crippen molar-refractivity contribution < 1.29 is 18.3 Å². The van der Waals surface area contributed by atoms with E-state index in [1.807, 2.05) is 25.7 Å². The van der Waals surface area contributed by atoms with E-state index in [9.17, 15) is 13.6 Å². The number of aromatic nitrogens is 2. The first-order valence-corrected chi connectivity index (χ1v) is 7.49. The number of ether oxygens (including phenoxy) is 1. The Labute approximate surface area is 134 Å². The number of alkyl halides is 2. The Balaban J connectivity index is 1.93. The fourth-order valence-electron chi connectivity index (χ4n) is 2.13. The highest BCUT2D eigenvalue weighted by molar-refractivity contribution is 5.68. The third-order valence-electron chi connectivity index (χ3n) is 3.36. The Bertz CT molecular complexity index is 544. The Morgan fingerprint density at radius 1 is 1.09 bits per heavy atom. The van der Waals surface area contributed by atoms with Gasteiger partial charge in [-0.05, 0) is 20.8 Å². The van der Waals surface area contributed by atoms with E-state index >= 15 is 0 Å². The van der Waals surface area contributed by atoms with Crippen molar-refractivity contribution in [3.63, 3.8) is 0 Å². The van der Waals surface area contributed by atoms with Gasteiger partial charge in [0.2, 0.25) is 5.95 Å². The normalized spacial score (nSPS) is 16.4. The average molecular weight is 328 g/mol. The standard InChI is InChI=1S/C15H22F2N4O2/c1-14(2,3)23-13(22)21-7-5-20(6-8-21)12-18-9-11(10-19-12)15(4,16)17/h9-10H,5-8H2,1-4H3. The molecule has 0 saturated carbocycles. The molecule has 23 heavy (non-hydrogen) atoms. The molecule has 128 valence electrons. The summed E-state index contributed by atoms with van der Waals surface area (Å²) in [6.07, 6.45) is 1.93.